The third-order valence-electron chi connectivity index (χ3n) is 5.96. The summed E-state index contributed by atoms with van der Waals surface area (Å²) in [6.45, 7) is 7.19. The van der Waals surface area contributed by atoms with Crippen molar-refractivity contribution in [3.05, 3.63) is 70.8 Å². The number of benzene rings is 2. The Kier molecular flexibility index (Phi) is 11.2. The summed E-state index contributed by atoms with van der Waals surface area (Å²) in [5.41, 5.74) is 7.85. The molecule has 0 radical (unpaired) electrons. The van der Waals surface area contributed by atoms with E-state index in [0.717, 1.165) is 18.4 Å². The molecule has 0 aromatic heterocycles. The van der Waals surface area contributed by atoms with E-state index in [-0.39, 0.29) is 30.7 Å². The van der Waals surface area contributed by atoms with Gasteiger partial charge < -0.3 is 26.2 Å². The fourth-order valence-corrected chi connectivity index (χ4v) is 4.22. The van der Waals surface area contributed by atoms with Gasteiger partial charge in [-0.25, -0.2) is 0 Å². The molecule has 186 valence electrons. The summed E-state index contributed by atoms with van der Waals surface area (Å²) in [5.74, 6) is -1.36. The maximum atomic E-state index is 13.7. The molecule has 7 nitrogen and oxygen atoms in total. The van der Waals surface area contributed by atoms with Crippen LogP contribution in [0.15, 0.2) is 48.5 Å². The standard InChI is InChI=1S/C27H39N3O4/c1-4-14-30(15-5-2)27(34)22-13-9-12-21(26(28)33)25(22)23(16-20-10-7-6-8-11-20)24(32)17-29-19(3)18-31/h6-13,19,23-24,29,31-32H,4-5,14-18H2,1-3H3,(H2,28,33)/t19-,23-,24+/m1/s1. The molecule has 0 fully saturated rings. The first-order valence-electron chi connectivity index (χ1n) is 12.1. The van der Waals surface area contributed by atoms with E-state index in [1.807, 2.05) is 51.1 Å². The van der Waals surface area contributed by atoms with Crippen LogP contribution in [0.25, 0.3) is 0 Å². The number of rotatable bonds is 14. The number of hydrogen-bond acceptors (Lipinski definition) is 5. The number of nitrogens with zero attached hydrogens (tertiary/aromatic N) is 1. The Morgan fingerprint density at radius 2 is 1.62 bits per heavy atom. The highest BCUT2D eigenvalue weighted by atomic mass is 16.3. The predicted molar refractivity (Wildman–Crippen MR) is 135 cm³/mol. The zero-order chi connectivity index (χ0) is 25.1. The Morgan fingerprint density at radius 3 is 2.18 bits per heavy atom. The van der Waals surface area contributed by atoms with Gasteiger partial charge in [-0.15, -0.1) is 0 Å². The highest BCUT2D eigenvalue weighted by molar-refractivity contribution is 6.02. The van der Waals surface area contributed by atoms with Crippen molar-refractivity contribution in [3.63, 3.8) is 0 Å². The molecule has 0 aliphatic carbocycles. The Morgan fingerprint density at radius 1 is 1.00 bits per heavy atom. The maximum Gasteiger partial charge on any atom is 0.254 e. The van der Waals surface area contributed by atoms with Gasteiger partial charge in [-0.2, -0.15) is 0 Å². The Bertz CT molecular complexity index is 913. The molecule has 0 saturated heterocycles. The van der Waals surface area contributed by atoms with Gasteiger partial charge in [0.05, 0.1) is 12.7 Å². The molecule has 2 aromatic carbocycles. The summed E-state index contributed by atoms with van der Waals surface area (Å²) in [7, 11) is 0. The topological polar surface area (TPSA) is 116 Å². The summed E-state index contributed by atoms with van der Waals surface area (Å²) in [6, 6.07) is 14.5. The molecule has 34 heavy (non-hydrogen) atoms. The summed E-state index contributed by atoms with van der Waals surface area (Å²) < 4.78 is 0. The molecule has 0 aliphatic rings. The summed E-state index contributed by atoms with van der Waals surface area (Å²) >= 11 is 0. The van der Waals surface area contributed by atoms with Crippen LogP contribution in [0.3, 0.4) is 0 Å². The first kappa shape index (κ1) is 27.5. The number of primary amides is 1. The minimum absolute atomic E-state index is 0.0688. The molecule has 5 N–H and O–H groups in total. The lowest BCUT2D eigenvalue weighted by Crippen LogP contribution is -2.40. The lowest BCUT2D eigenvalue weighted by Gasteiger charge is -2.30. The van der Waals surface area contributed by atoms with Gasteiger partial charge in [0.2, 0.25) is 5.91 Å². The van der Waals surface area contributed by atoms with Crippen LogP contribution in [-0.4, -0.2) is 65.3 Å². The zero-order valence-corrected chi connectivity index (χ0v) is 20.5. The van der Waals surface area contributed by atoms with E-state index >= 15 is 0 Å². The minimum atomic E-state index is -0.924. The van der Waals surface area contributed by atoms with Gasteiger partial charge in [-0.05, 0) is 49.4 Å². The van der Waals surface area contributed by atoms with Crippen molar-refractivity contribution in [1.82, 2.24) is 10.2 Å². The largest absolute Gasteiger partial charge is 0.395 e. The molecule has 0 spiro atoms. The van der Waals surface area contributed by atoms with Crippen molar-refractivity contribution in [2.75, 3.05) is 26.2 Å². The molecule has 0 aliphatic heterocycles. The first-order valence-corrected chi connectivity index (χ1v) is 12.1. The molecule has 0 saturated carbocycles. The second-order valence-electron chi connectivity index (χ2n) is 8.78. The van der Waals surface area contributed by atoms with Crippen LogP contribution in [0.4, 0.5) is 0 Å². The van der Waals surface area contributed by atoms with Crippen molar-refractivity contribution < 1.29 is 19.8 Å². The first-order chi connectivity index (χ1) is 16.3. The normalized spacial score (nSPS) is 13.8. The number of amides is 2. The molecule has 3 atom stereocenters. The van der Waals surface area contributed by atoms with Crippen LogP contribution in [0.2, 0.25) is 0 Å². The Labute approximate surface area is 203 Å². The molecular formula is C27H39N3O4. The number of aliphatic hydroxyl groups excluding tert-OH is 2. The van der Waals surface area contributed by atoms with E-state index in [0.29, 0.717) is 30.6 Å². The highest BCUT2D eigenvalue weighted by Gasteiger charge is 2.31. The number of aliphatic hydroxyl groups is 2. The summed E-state index contributed by atoms with van der Waals surface area (Å²) in [5, 5.41) is 23.8. The van der Waals surface area contributed by atoms with Crippen molar-refractivity contribution in [3.8, 4) is 0 Å². The van der Waals surface area contributed by atoms with E-state index in [2.05, 4.69) is 5.32 Å². The fourth-order valence-electron chi connectivity index (χ4n) is 4.22. The van der Waals surface area contributed by atoms with Gasteiger partial charge in [0.15, 0.2) is 0 Å². The maximum absolute atomic E-state index is 13.7. The zero-order valence-electron chi connectivity index (χ0n) is 20.5. The van der Waals surface area contributed by atoms with E-state index < -0.39 is 17.9 Å². The van der Waals surface area contributed by atoms with Crippen LogP contribution in [-0.2, 0) is 6.42 Å². The fraction of sp³-hybridized carbons (Fsp3) is 0.481. The minimum Gasteiger partial charge on any atom is -0.395 e. The van der Waals surface area contributed by atoms with E-state index in [1.54, 1.807) is 23.1 Å². The average Bonchev–Trinajstić information content (AvgIpc) is 2.85. The van der Waals surface area contributed by atoms with Gasteiger partial charge in [-0.3, -0.25) is 9.59 Å². The van der Waals surface area contributed by atoms with Gasteiger partial charge in [0, 0.05) is 42.7 Å². The molecule has 0 unspecified atom stereocenters. The third kappa shape index (κ3) is 7.38. The van der Waals surface area contributed by atoms with E-state index in [1.165, 1.54) is 0 Å². The lowest BCUT2D eigenvalue weighted by molar-refractivity contribution is 0.0751. The molecule has 2 aromatic rings. The van der Waals surface area contributed by atoms with Crippen LogP contribution in [0.1, 0.15) is 71.4 Å². The van der Waals surface area contributed by atoms with E-state index in [4.69, 9.17) is 5.73 Å². The van der Waals surface area contributed by atoms with E-state index in [9.17, 15) is 19.8 Å². The molecular weight excluding hydrogens is 430 g/mol. The second-order valence-corrected chi connectivity index (χ2v) is 8.78. The summed E-state index contributed by atoms with van der Waals surface area (Å²) in [4.78, 5) is 27.9. The third-order valence-corrected chi connectivity index (χ3v) is 5.96. The molecule has 7 heteroatoms. The predicted octanol–water partition coefficient (Wildman–Crippen LogP) is 2.71. The van der Waals surface area contributed by atoms with Crippen LogP contribution < -0.4 is 11.1 Å². The Balaban J connectivity index is 2.61. The number of nitrogens with one attached hydrogen (secondary N) is 1. The van der Waals surface area contributed by atoms with Gasteiger partial charge in [-0.1, -0.05) is 50.2 Å². The van der Waals surface area contributed by atoms with Crippen molar-refractivity contribution in [2.45, 2.75) is 58.1 Å². The van der Waals surface area contributed by atoms with Crippen molar-refractivity contribution >= 4 is 11.8 Å². The van der Waals surface area contributed by atoms with Gasteiger partial charge >= 0.3 is 0 Å². The van der Waals surface area contributed by atoms with Crippen LogP contribution >= 0.6 is 0 Å². The molecule has 2 amide bonds. The lowest BCUT2D eigenvalue weighted by atomic mass is 9.81. The Hall–Kier alpha value is -2.74. The van der Waals surface area contributed by atoms with Gasteiger partial charge in [0.1, 0.15) is 0 Å². The molecule has 0 heterocycles. The SMILES string of the molecule is CCCN(CCC)C(=O)c1cccc(C(N)=O)c1[C@H](Cc1ccccc1)[C@@H](O)CN[C@H](C)CO. The second kappa shape index (κ2) is 13.8. The van der Waals surface area contributed by atoms with Crippen LogP contribution in [0.5, 0.6) is 0 Å². The van der Waals surface area contributed by atoms with Crippen LogP contribution in [0, 0.1) is 0 Å². The number of carbonyl (C=O) groups is 2. The van der Waals surface area contributed by atoms with Crippen molar-refractivity contribution in [1.29, 1.82) is 0 Å². The average molecular weight is 470 g/mol. The monoisotopic (exact) mass is 469 g/mol. The smallest absolute Gasteiger partial charge is 0.254 e. The number of nitrogens with two attached hydrogens (primary N) is 1. The molecule has 0 bridgehead atoms. The van der Waals surface area contributed by atoms with Crippen molar-refractivity contribution in [2.24, 2.45) is 5.73 Å². The number of carbonyl (C=O) groups excluding carboxylic acids is 2. The number of hydrogen-bond donors (Lipinski definition) is 4. The summed E-state index contributed by atoms with van der Waals surface area (Å²) in [6.07, 6.45) is 1.13. The highest BCUT2D eigenvalue weighted by Crippen LogP contribution is 2.32. The van der Waals surface area contributed by atoms with Gasteiger partial charge in [0.25, 0.3) is 5.91 Å². The molecule has 2 rings (SSSR count). The quantitative estimate of drug-likeness (QED) is 0.340.